The van der Waals surface area contributed by atoms with Gasteiger partial charge in [0, 0.05) is 20.0 Å². The Labute approximate surface area is 85.2 Å². The fraction of sp³-hybridized carbons (Fsp3) is 0.800. The predicted molar refractivity (Wildman–Crippen MR) is 53.8 cm³/mol. The number of amides is 1. The zero-order valence-corrected chi connectivity index (χ0v) is 9.21. The summed E-state index contributed by atoms with van der Waals surface area (Å²) in [6.45, 7) is 6.66. The lowest BCUT2D eigenvalue weighted by molar-refractivity contribution is -0.150. The van der Waals surface area contributed by atoms with Gasteiger partial charge in [0.05, 0.1) is 0 Å². The molecule has 0 atom stereocenters. The zero-order valence-electron chi connectivity index (χ0n) is 9.21. The van der Waals surface area contributed by atoms with Crippen LogP contribution in [0.25, 0.3) is 0 Å². The number of carbonyl (C=O) groups excluding carboxylic acids is 2. The topological polar surface area (TPSA) is 46.6 Å². The summed E-state index contributed by atoms with van der Waals surface area (Å²) in [6, 6.07) is 0. The van der Waals surface area contributed by atoms with Crippen LogP contribution in [0.3, 0.4) is 0 Å². The summed E-state index contributed by atoms with van der Waals surface area (Å²) in [4.78, 5) is 23.7. The van der Waals surface area contributed by atoms with E-state index in [1.807, 2.05) is 13.8 Å². The Bertz CT molecular complexity index is 186. The van der Waals surface area contributed by atoms with Crippen molar-refractivity contribution in [2.24, 2.45) is 0 Å². The summed E-state index contributed by atoms with van der Waals surface area (Å²) in [5.41, 5.74) is 0. The molecular formula is C10H19NO3. The Morgan fingerprint density at radius 3 is 2.00 bits per heavy atom. The molecule has 4 heteroatoms. The number of nitrogens with zero attached hydrogens (tertiary/aromatic N) is 1. The number of esters is 1. The predicted octanol–water partition coefficient (Wildman–Crippen LogP) is 1.20. The molecular weight excluding hydrogens is 182 g/mol. The molecule has 0 radical (unpaired) electrons. The number of carbonyl (C=O) groups is 2. The largest absolute Gasteiger partial charge is 0.456 e. The second kappa shape index (κ2) is 7.35. The third-order valence-corrected chi connectivity index (χ3v) is 1.74. The van der Waals surface area contributed by atoms with Crippen LogP contribution < -0.4 is 0 Å². The van der Waals surface area contributed by atoms with Crippen molar-refractivity contribution in [3.63, 3.8) is 0 Å². The van der Waals surface area contributed by atoms with Crippen molar-refractivity contribution >= 4 is 11.9 Å². The highest BCUT2D eigenvalue weighted by Gasteiger charge is 2.12. The van der Waals surface area contributed by atoms with Crippen LogP contribution >= 0.6 is 0 Å². The third-order valence-electron chi connectivity index (χ3n) is 1.74. The Kier molecular flexibility index (Phi) is 6.80. The first-order chi connectivity index (χ1) is 6.61. The van der Waals surface area contributed by atoms with Crippen LogP contribution in [0.5, 0.6) is 0 Å². The molecule has 0 N–H and O–H groups in total. The van der Waals surface area contributed by atoms with Crippen LogP contribution in [0.4, 0.5) is 0 Å². The van der Waals surface area contributed by atoms with Gasteiger partial charge in [0.15, 0.2) is 6.61 Å². The highest BCUT2D eigenvalue weighted by Crippen LogP contribution is 1.96. The lowest BCUT2D eigenvalue weighted by Gasteiger charge is -2.20. The van der Waals surface area contributed by atoms with Crippen molar-refractivity contribution in [1.29, 1.82) is 0 Å². The van der Waals surface area contributed by atoms with E-state index in [1.54, 1.807) is 4.90 Å². The standard InChI is InChI=1S/C10H19NO3/c1-4-6-11(7-5-2)10(13)8-14-9(3)12/h4-8H2,1-3H3. The van der Waals surface area contributed by atoms with Crippen LogP contribution in [-0.2, 0) is 14.3 Å². The number of rotatable bonds is 6. The van der Waals surface area contributed by atoms with Crippen LogP contribution in [-0.4, -0.2) is 36.5 Å². The van der Waals surface area contributed by atoms with Gasteiger partial charge in [0.2, 0.25) is 0 Å². The molecule has 0 aromatic rings. The van der Waals surface area contributed by atoms with Crippen LogP contribution in [0.2, 0.25) is 0 Å². The maximum Gasteiger partial charge on any atom is 0.303 e. The Morgan fingerprint density at radius 2 is 1.64 bits per heavy atom. The average Bonchev–Trinajstić information content (AvgIpc) is 2.14. The summed E-state index contributed by atoms with van der Waals surface area (Å²) < 4.78 is 4.65. The molecule has 1 amide bonds. The molecule has 0 aromatic heterocycles. The fourth-order valence-corrected chi connectivity index (χ4v) is 1.16. The third kappa shape index (κ3) is 5.56. The van der Waals surface area contributed by atoms with E-state index in [4.69, 9.17) is 0 Å². The smallest absolute Gasteiger partial charge is 0.303 e. The molecule has 0 fully saturated rings. The molecule has 0 saturated heterocycles. The van der Waals surface area contributed by atoms with E-state index < -0.39 is 5.97 Å². The van der Waals surface area contributed by atoms with Gasteiger partial charge in [-0.3, -0.25) is 9.59 Å². The van der Waals surface area contributed by atoms with Crippen LogP contribution in [0, 0.1) is 0 Å². The molecule has 82 valence electrons. The maximum absolute atomic E-state index is 11.5. The molecule has 0 aliphatic rings. The highest BCUT2D eigenvalue weighted by molar-refractivity contribution is 5.80. The van der Waals surface area contributed by atoms with Crippen molar-refractivity contribution < 1.29 is 14.3 Å². The van der Waals surface area contributed by atoms with E-state index in [9.17, 15) is 9.59 Å². The summed E-state index contributed by atoms with van der Waals surface area (Å²) in [5.74, 6) is -0.518. The monoisotopic (exact) mass is 201 g/mol. The summed E-state index contributed by atoms with van der Waals surface area (Å²) in [6.07, 6.45) is 1.84. The first-order valence-corrected chi connectivity index (χ1v) is 5.02. The Morgan fingerprint density at radius 1 is 1.14 bits per heavy atom. The molecule has 0 unspecified atom stereocenters. The lowest BCUT2D eigenvalue weighted by Crippen LogP contribution is -2.35. The van der Waals surface area contributed by atoms with E-state index in [1.165, 1.54) is 6.92 Å². The fourth-order valence-electron chi connectivity index (χ4n) is 1.16. The van der Waals surface area contributed by atoms with Crippen molar-refractivity contribution in [2.75, 3.05) is 19.7 Å². The molecule has 0 aliphatic heterocycles. The van der Waals surface area contributed by atoms with Gasteiger partial charge in [0.25, 0.3) is 5.91 Å². The molecule has 14 heavy (non-hydrogen) atoms. The van der Waals surface area contributed by atoms with E-state index in [0.29, 0.717) is 0 Å². The van der Waals surface area contributed by atoms with Gasteiger partial charge in [-0.2, -0.15) is 0 Å². The summed E-state index contributed by atoms with van der Waals surface area (Å²) >= 11 is 0. The van der Waals surface area contributed by atoms with Crippen molar-refractivity contribution in [3.05, 3.63) is 0 Å². The van der Waals surface area contributed by atoms with E-state index in [-0.39, 0.29) is 12.5 Å². The molecule has 0 heterocycles. The SMILES string of the molecule is CCCN(CCC)C(=O)COC(C)=O. The number of ether oxygens (including phenoxy) is 1. The van der Waals surface area contributed by atoms with E-state index in [2.05, 4.69) is 4.74 Å². The van der Waals surface area contributed by atoms with Gasteiger partial charge in [-0.05, 0) is 12.8 Å². The van der Waals surface area contributed by atoms with E-state index >= 15 is 0 Å². The zero-order chi connectivity index (χ0) is 11.0. The molecule has 0 aromatic carbocycles. The maximum atomic E-state index is 11.5. The minimum atomic E-state index is -0.411. The van der Waals surface area contributed by atoms with Gasteiger partial charge < -0.3 is 9.64 Å². The van der Waals surface area contributed by atoms with Gasteiger partial charge >= 0.3 is 5.97 Å². The minimum Gasteiger partial charge on any atom is -0.456 e. The van der Waals surface area contributed by atoms with Crippen molar-refractivity contribution in [3.8, 4) is 0 Å². The molecule has 4 nitrogen and oxygen atoms in total. The number of hydrogen-bond donors (Lipinski definition) is 0. The molecule has 0 bridgehead atoms. The summed E-state index contributed by atoms with van der Waals surface area (Å²) in [5, 5.41) is 0. The second-order valence-electron chi connectivity index (χ2n) is 3.16. The molecule has 0 spiro atoms. The van der Waals surface area contributed by atoms with E-state index in [0.717, 1.165) is 25.9 Å². The molecule has 0 saturated carbocycles. The number of hydrogen-bond acceptors (Lipinski definition) is 3. The lowest BCUT2D eigenvalue weighted by atomic mass is 10.3. The normalized spacial score (nSPS) is 9.64. The van der Waals surface area contributed by atoms with Crippen LogP contribution in [0.15, 0.2) is 0 Å². The van der Waals surface area contributed by atoms with Crippen molar-refractivity contribution in [2.45, 2.75) is 33.6 Å². The Hall–Kier alpha value is -1.06. The van der Waals surface area contributed by atoms with Gasteiger partial charge in [-0.15, -0.1) is 0 Å². The molecule has 0 aliphatic carbocycles. The first kappa shape index (κ1) is 12.9. The second-order valence-corrected chi connectivity index (χ2v) is 3.16. The first-order valence-electron chi connectivity index (χ1n) is 5.02. The minimum absolute atomic E-state index is 0.107. The summed E-state index contributed by atoms with van der Waals surface area (Å²) in [7, 11) is 0. The van der Waals surface area contributed by atoms with Crippen LogP contribution in [0.1, 0.15) is 33.6 Å². The van der Waals surface area contributed by atoms with Gasteiger partial charge in [-0.25, -0.2) is 0 Å². The highest BCUT2D eigenvalue weighted by atomic mass is 16.5. The molecule has 0 rings (SSSR count). The van der Waals surface area contributed by atoms with Crippen molar-refractivity contribution in [1.82, 2.24) is 4.90 Å². The van der Waals surface area contributed by atoms with Gasteiger partial charge in [0.1, 0.15) is 0 Å². The van der Waals surface area contributed by atoms with Gasteiger partial charge in [-0.1, -0.05) is 13.8 Å². The quantitative estimate of drug-likeness (QED) is 0.607. The average molecular weight is 201 g/mol. The Balaban J connectivity index is 3.94.